The van der Waals surface area contributed by atoms with Crippen molar-refractivity contribution in [2.45, 2.75) is 38.3 Å². The zero-order valence-corrected chi connectivity index (χ0v) is 15.0. The molecule has 1 saturated heterocycles. The summed E-state index contributed by atoms with van der Waals surface area (Å²) < 4.78 is 5.24. The van der Waals surface area contributed by atoms with Gasteiger partial charge in [0.15, 0.2) is 0 Å². The Morgan fingerprint density at radius 2 is 2.30 bits per heavy atom. The number of nitrogens with one attached hydrogen (secondary N) is 1. The number of hydrogen-bond donors (Lipinski definition) is 1. The Hall–Kier alpha value is -1.20. The molecule has 0 saturated carbocycles. The highest BCUT2D eigenvalue weighted by atomic mass is 32.2. The van der Waals surface area contributed by atoms with Gasteiger partial charge in [-0.05, 0) is 55.5 Å². The SMILES string of the molecule is COc1cccc(CNCCC2CCC(=O)N2CCCSC)c1. The minimum atomic E-state index is 0.337. The summed E-state index contributed by atoms with van der Waals surface area (Å²) in [6.07, 6.45) is 5.99. The van der Waals surface area contributed by atoms with Crippen LogP contribution in [0.2, 0.25) is 0 Å². The summed E-state index contributed by atoms with van der Waals surface area (Å²) in [5.41, 5.74) is 1.23. The van der Waals surface area contributed by atoms with Gasteiger partial charge in [0.1, 0.15) is 5.75 Å². The van der Waals surface area contributed by atoms with Crippen molar-refractivity contribution in [2.75, 3.05) is 32.2 Å². The van der Waals surface area contributed by atoms with Crippen LogP contribution in [-0.2, 0) is 11.3 Å². The number of methoxy groups -OCH3 is 1. The zero-order chi connectivity index (χ0) is 16.5. The van der Waals surface area contributed by atoms with E-state index in [0.717, 1.165) is 56.8 Å². The highest BCUT2D eigenvalue weighted by Crippen LogP contribution is 2.21. The summed E-state index contributed by atoms with van der Waals surface area (Å²) in [4.78, 5) is 14.1. The molecular weight excluding hydrogens is 308 g/mol. The monoisotopic (exact) mass is 336 g/mol. The molecule has 1 heterocycles. The Morgan fingerprint density at radius 1 is 1.43 bits per heavy atom. The molecule has 0 radical (unpaired) electrons. The number of amides is 1. The lowest BCUT2D eigenvalue weighted by Gasteiger charge is -2.25. The summed E-state index contributed by atoms with van der Waals surface area (Å²) in [5.74, 6) is 2.36. The minimum Gasteiger partial charge on any atom is -0.497 e. The Kier molecular flexibility index (Phi) is 7.76. The van der Waals surface area contributed by atoms with Crippen LogP contribution in [0, 0.1) is 0 Å². The summed E-state index contributed by atoms with van der Waals surface area (Å²) in [6.45, 7) is 2.69. The molecule has 0 aromatic heterocycles. The minimum absolute atomic E-state index is 0.337. The molecule has 0 spiro atoms. The first-order valence-electron chi connectivity index (χ1n) is 8.36. The molecule has 0 bridgehead atoms. The van der Waals surface area contributed by atoms with Gasteiger partial charge in [-0.2, -0.15) is 11.8 Å². The van der Waals surface area contributed by atoms with Crippen molar-refractivity contribution in [3.63, 3.8) is 0 Å². The molecule has 1 aliphatic heterocycles. The van der Waals surface area contributed by atoms with Gasteiger partial charge in [0.2, 0.25) is 5.91 Å². The summed E-state index contributed by atoms with van der Waals surface area (Å²) in [6, 6.07) is 8.55. The molecule has 1 aromatic carbocycles. The fourth-order valence-electron chi connectivity index (χ4n) is 3.06. The van der Waals surface area contributed by atoms with Crippen LogP contribution >= 0.6 is 11.8 Å². The molecule has 1 aliphatic rings. The number of thioether (sulfide) groups is 1. The highest BCUT2D eigenvalue weighted by molar-refractivity contribution is 7.98. The number of rotatable bonds is 10. The molecule has 1 fully saturated rings. The quantitative estimate of drug-likeness (QED) is 0.667. The Bertz CT molecular complexity index is 496. The van der Waals surface area contributed by atoms with E-state index in [-0.39, 0.29) is 0 Å². The van der Waals surface area contributed by atoms with Crippen molar-refractivity contribution in [3.05, 3.63) is 29.8 Å². The van der Waals surface area contributed by atoms with Gasteiger partial charge < -0.3 is 15.0 Å². The molecule has 23 heavy (non-hydrogen) atoms. The van der Waals surface area contributed by atoms with E-state index >= 15 is 0 Å². The molecule has 1 aromatic rings. The second-order valence-electron chi connectivity index (χ2n) is 5.94. The Balaban J connectivity index is 1.71. The molecule has 2 rings (SSSR count). The van der Waals surface area contributed by atoms with E-state index in [4.69, 9.17) is 4.74 Å². The van der Waals surface area contributed by atoms with Crippen LogP contribution in [0.5, 0.6) is 5.75 Å². The lowest BCUT2D eigenvalue weighted by molar-refractivity contribution is -0.129. The molecule has 1 unspecified atom stereocenters. The van der Waals surface area contributed by atoms with E-state index in [0.29, 0.717) is 11.9 Å². The molecule has 128 valence electrons. The maximum absolute atomic E-state index is 12.0. The van der Waals surface area contributed by atoms with Crippen molar-refractivity contribution in [2.24, 2.45) is 0 Å². The van der Waals surface area contributed by atoms with Crippen LogP contribution in [0.25, 0.3) is 0 Å². The van der Waals surface area contributed by atoms with Crippen molar-refractivity contribution >= 4 is 17.7 Å². The van der Waals surface area contributed by atoms with Gasteiger partial charge in [0.25, 0.3) is 0 Å². The third kappa shape index (κ3) is 5.74. The largest absolute Gasteiger partial charge is 0.497 e. The lowest BCUT2D eigenvalue weighted by Crippen LogP contribution is -2.36. The van der Waals surface area contributed by atoms with Crippen molar-refractivity contribution in [1.29, 1.82) is 0 Å². The van der Waals surface area contributed by atoms with Gasteiger partial charge in [-0.1, -0.05) is 12.1 Å². The number of hydrogen-bond acceptors (Lipinski definition) is 4. The number of ether oxygens (including phenoxy) is 1. The number of carbonyl (C=O) groups excluding carboxylic acids is 1. The number of carbonyl (C=O) groups is 1. The third-order valence-corrected chi connectivity index (χ3v) is 5.01. The molecule has 0 aliphatic carbocycles. The maximum Gasteiger partial charge on any atom is 0.222 e. The van der Waals surface area contributed by atoms with Gasteiger partial charge in [-0.25, -0.2) is 0 Å². The summed E-state index contributed by atoms with van der Waals surface area (Å²) >= 11 is 1.85. The predicted molar refractivity (Wildman–Crippen MR) is 97.1 cm³/mol. The zero-order valence-electron chi connectivity index (χ0n) is 14.2. The van der Waals surface area contributed by atoms with Gasteiger partial charge in [-0.15, -0.1) is 0 Å². The predicted octanol–water partition coefficient (Wildman–Crippen LogP) is 2.92. The smallest absolute Gasteiger partial charge is 0.222 e. The van der Waals surface area contributed by atoms with Gasteiger partial charge in [-0.3, -0.25) is 4.79 Å². The molecule has 1 amide bonds. The Labute approximate surface area is 144 Å². The van der Waals surface area contributed by atoms with Crippen LogP contribution in [-0.4, -0.2) is 49.1 Å². The van der Waals surface area contributed by atoms with Gasteiger partial charge >= 0.3 is 0 Å². The van der Waals surface area contributed by atoms with Crippen molar-refractivity contribution in [1.82, 2.24) is 10.2 Å². The highest BCUT2D eigenvalue weighted by Gasteiger charge is 2.29. The van der Waals surface area contributed by atoms with E-state index in [1.807, 2.05) is 23.9 Å². The fourth-order valence-corrected chi connectivity index (χ4v) is 3.48. The average molecular weight is 337 g/mol. The molecule has 5 heteroatoms. The molecule has 1 N–H and O–H groups in total. The van der Waals surface area contributed by atoms with E-state index in [9.17, 15) is 4.79 Å². The van der Waals surface area contributed by atoms with Crippen molar-refractivity contribution in [3.8, 4) is 5.75 Å². The van der Waals surface area contributed by atoms with E-state index in [1.54, 1.807) is 7.11 Å². The molecule has 4 nitrogen and oxygen atoms in total. The number of benzene rings is 1. The van der Waals surface area contributed by atoms with Gasteiger partial charge in [0, 0.05) is 25.6 Å². The average Bonchev–Trinajstić information content (AvgIpc) is 2.92. The van der Waals surface area contributed by atoms with Crippen LogP contribution in [0.4, 0.5) is 0 Å². The second-order valence-corrected chi connectivity index (χ2v) is 6.93. The van der Waals surface area contributed by atoms with Gasteiger partial charge in [0.05, 0.1) is 7.11 Å². The number of likely N-dealkylation sites (tertiary alicyclic amines) is 1. The van der Waals surface area contributed by atoms with Crippen LogP contribution < -0.4 is 10.1 Å². The topological polar surface area (TPSA) is 41.6 Å². The van der Waals surface area contributed by atoms with Crippen molar-refractivity contribution < 1.29 is 9.53 Å². The van der Waals surface area contributed by atoms with E-state index in [1.165, 1.54) is 5.56 Å². The van der Waals surface area contributed by atoms with Crippen LogP contribution in [0.15, 0.2) is 24.3 Å². The standard InChI is InChI=1S/C18H28N2O2S/c1-22-17-6-3-5-15(13-17)14-19-10-9-16-7-8-18(21)20(16)11-4-12-23-2/h3,5-6,13,16,19H,4,7-12,14H2,1-2H3. The summed E-state index contributed by atoms with van der Waals surface area (Å²) in [7, 11) is 1.69. The first-order valence-corrected chi connectivity index (χ1v) is 9.76. The van der Waals surface area contributed by atoms with E-state index in [2.05, 4.69) is 28.6 Å². The number of nitrogens with zero attached hydrogens (tertiary/aromatic N) is 1. The Morgan fingerprint density at radius 3 is 3.09 bits per heavy atom. The van der Waals surface area contributed by atoms with E-state index < -0.39 is 0 Å². The molecular formula is C18H28N2O2S. The maximum atomic E-state index is 12.0. The summed E-state index contributed by atoms with van der Waals surface area (Å²) in [5, 5.41) is 3.48. The lowest BCUT2D eigenvalue weighted by atomic mass is 10.1. The second kappa shape index (κ2) is 9.83. The molecule has 1 atom stereocenters. The first kappa shape index (κ1) is 18.1. The van der Waals surface area contributed by atoms with Crippen LogP contribution in [0.1, 0.15) is 31.2 Å². The first-order chi connectivity index (χ1) is 11.2. The third-order valence-electron chi connectivity index (χ3n) is 4.32. The fraction of sp³-hybridized carbons (Fsp3) is 0.611. The van der Waals surface area contributed by atoms with Crippen LogP contribution in [0.3, 0.4) is 0 Å². The normalized spacial score (nSPS) is 17.7.